The molecular formula is C23H29Cl2N5O5S2. The molecule has 0 aliphatic carbocycles. The molecule has 1 saturated heterocycles. The van der Waals surface area contributed by atoms with Crippen molar-refractivity contribution in [1.29, 1.82) is 0 Å². The Morgan fingerprint density at radius 2 is 2.03 bits per heavy atom. The summed E-state index contributed by atoms with van der Waals surface area (Å²) in [6, 6.07) is 5.59. The number of halogens is 2. The van der Waals surface area contributed by atoms with Crippen molar-refractivity contribution in [2.75, 3.05) is 32.0 Å². The molecule has 1 atom stereocenters. The predicted octanol–water partition coefficient (Wildman–Crippen LogP) is 3.73. The molecule has 1 aromatic carbocycles. The first-order chi connectivity index (χ1) is 17.5. The summed E-state index contributed by atoms with van der Waals surface area (Å²) in [5, 5.41) is 5.49. The number of nitrogens with zero attached hydrogens (tertiary/aromatic N) is 2. The van der Waals surface area contributed by atoms with Gasteiger partial charge < -0.3 is 14.8 Å². The van der Waals surface area contributed by atoms with Crippen molar-refractivity contribution in [1.82, 2.24) is 26.1 Å². The minimum absolute atomic E-state index is 0.127. The summed E-state index contributed by atoms with van der Waals surface area (Å²) in [5.74, 6) is -0.606. The van der Waals surface area contributed by atoms with E-state index in [4.69, 9.17) is 32.7 Å². The molecule has 0 radical (unpaired) electrons. The average molecular weight is 591 g/mol. The fraction of sp³-hybridized carbons (Fsp3) is 0.478. The number of benzene rings is 1. The van der Waals surface area contributed by atoms with Crippen molar-refractivity contribution in [3.63, 3.8) is 0 Å². The van der Waals surface area contributed by atoms with Gasteiger partial charge in [-0.25, -0.2) is 15.2 Å². The molecule has 2 heterocycles. The predicted molar refractivity (Wildman–Crippen MR) is 144 cm³/mol. The van der Waals surface area contributed by atoms with Crippen molar-refractivity contribution in [2.24, 2.45) is 0 Å². The lowest BCUT2D eigenvalue weighted by atomic mass is 10.2. The number of morpholine rings is 1. The van der Waals surface area contributed by atoms with Gasteiger partial charge in [0.15, 0.2) is 4.34 Å². The second kappa shape index (κ2) is 13.6. The van der Waals surface area contributed by atoms with Crippen LogP contribution in [0.5, 0.6) is 0 Å². The number of thiazole rings is 1. The molecule has 10 nitrogen and oxygen atoms in total. The van der Waals surface area contributed by atoms with E-state index in [0.717, 1.165) is 12.1 Å². The van der Waals surface area contributed by atoms with Gasteiger partial charge in [-0.1, -0.05) is 41.0 Å². The van der Waals surface area contributed by atoms with Crippen LogP contribution in [0.2, 0.25) is 10.0 Å². The standard InChI is InChI=1S/C23H29Cl2N5O5S2/c1-23(2,3)35-21(33)29-28-20(32)18-12-36-22(27-18)37-13-19(31)26-9-15-11-30(6-7-34-15)10-14-4-5-16(24)17(25)8-14/h4-5,8,12,15H,6-7,9-11,13H2,1-3H3,(H,26,31)(H,28,32)(H,29,33)/t15-/m0/s1. The third-order valence-corrected chi connectivity index (χ3v) is 7.62. The van der Waals surface area contributed by atoms with Crippen LogP contribution in [0.3, 0.4) is 0 Å². The van der Waals surface area contributed by atoms with Gasteiger partial charge in [-0.3, -0.25) is 19.9 Å². The zero-order chi connectivity index (χ0) is 27.0. The number of carbonyl (C=O) groups excluding carboxylic acids is 3. The van der Waals surface area contributed by atoms with Gasteiger partial charge in [-0.15, -0.1) is 11.3 Å². The number of aromatic nitrogens is 1. The highest BCUT2D eigenvalue weighted by Gasteiger charge is 2.22. The Bertz CT molecular complexity index is 1110. The number of carbonyl (C=O) groups is 3. The molecule has 1 aliphatic heterocycles. The van der Waals surface area contributed by atoms with E-state index in [-0.39, 0.29) is 23.5 Å². The Morgan fingerprint density at radius 3 is 2.76 bits per heavy atom. The highest BCUT2D eigenvalue weighted by Crippen LogP contribution is 2.24. The number of ether oxygens (including phenoxy) is 2. The Kier molecular flexibility index (Phi) is 10.9. The molecule has 202 valence electrons. The summed E-state index contributed by atoms with van der Waals surface area (Å²) in [6.45, 7) is 8.28. The van der Waals surface area contributed by atoms with Crippen LogP contribution in [0, 0.1) is 0 Å². The first-order valence-electron chi connectivity index (χ1n) is 11.4. The molecule has 3 rings (SSSR count). The van der Waals surface area contributed by atoms with Crippen LogP contribution in [0.15, 0.2) is 27.9 Å². The molecule has 1 aliphatic rings. The lowest BCUT2D eigenvalue weighted by Crippen LogP contribution is -2.47. The van der Waals surface area contributed by atoms with Crippen molar-refractivity contribution in [3.8, 4) is 0 Å². The number of hydrogen-bond donors (Lipinski definition) is 3. The van der Waals surface area contributed by atoms with Crippen LogP contribution in [0.1, 0.15) is 36.8 Å². The average Bonchev–Trinajstić information content (AvgIpc) is 3.31. The van der Waals surface area contributed by atoms with Crippen LogP contribution < -0.4 is 16.2 Å². The third-order valence-electron chi connectivity index (χ3n) is 4.86. The van der Waals surface area contributed by atoms with Gasteiger partial charge in [0.25, 0.3) is 5.91 Å². The molecule has 0 bridgehead atoms. The smallest absolute Gasteiger partial charge is 0.426 e. The Balaban J connectivity index is 1.36. The maximum atomic E-state index is 12.3. The summed E-state index contributed by atoms with van der Waals surface area (Å²) in [7, 11) is 0. The van der Waals surface area contributed by atoms with E-state index in [1.54, 1.807) is 32.2 Å². The maximum absolute atomic E-state index is 12.3. The molecule has 37 heavy (non-hydrogen) atoms. The minimum atomic E-state index is -0.776. The van der Waals surface area contributed by atoms with Gasteiger partial charge in [0, 0.05) is 31.6 Å². The van der Waals surface area contributed by atoms with Crippen molar-refractivity contribution >= 4 is 64.2 Å². The summed E-state index contributed by atoms with van der Waals surface area (Å²) in [6.07, 6.45) is -0.903. The Hall–Kier alpha value is -2.09. The monoisotopic (exact) mass is 589 g/mol. The highest BCUT2D eigenvalue weighted by molar-refractivity contribution is 8.01. The summed E-state index contributed by atoms with van der Waals surface area (Å²) < 4.78 is 11.4. The van der Waals surface area contributed by atoms with Crippen LogP contribution >= 0.6 is 46.3 Å². The number of amides is 3. The van der Waals surface area contributed by atoms with E-state index in [2.05, 4.69) is 26.1 Å². The normalized spacial score (nSPS) is 16.2. The van der Waals surface area contributed by atoms with Crippen molar-refractivity contribution in [2.45, 2.75) is 43.4 Å². The summed E-state index contributed by atoms with van der Waals surface area (Å²) in [5.41, 5.74) is 4.92. The van der Waals surface area contributed by atoms with E-state index in [1.807, 2.05) is 12.1 Å². The first-order valence-corrected chi connectivity index (χ1v) is 14.0. The van der Waals surface area contributed by atoms with Crippen LogP contribution in [-0.4, -0.2) is 71.5 Å². The number of nitrogens with one attached hydrogen (secondary N) is 3. The molecule has 0 unspecified atom stereocenters. The minimum Gasteiger partial charge on any atom is -0.443 e. The summed E-state index contributed by atoms with van der Waals surface area (Å²) in [4.78, 5) is 42.6. The molecular weight excluding hydrogens is 561 g/mol. The van der Waals surface area contributed by atoms with E-state index in [0.29, 0.717) is 40.6 Å². The molecule has 2 aromatic rings. The fourth-order valence-electron chi connectivity index (χ4n) is 3.25. The number of hydrazine groups is 1. The van der Waals surface area contributed by atoms with Crippen LogP contribution in [-0.2, 0) is 20.8 Å². The molecule has 3 N–H and O–H groups in total. The van der Waals surface area contributed by atoms with E-state index >= 15 is 0 Å². The van der Waals surface area contributed by atoms with Crippen molar-refractivity contribution in [3.05, 3.63) is 44.9 Å². The zero-order valence-corrected chi connectivity index (χ0v) is 23.8. The van der Waals surface area contributed by atoms with Gasteiger partial charge in [-0.2, -0.15) is 0 Å². The molecule has 1 aromatic heterocycles. The van der Waals surface area contributed by atoms with Gasteiger partial charge in [0.1, 0.15) is 11.3 Å². The Labute approximate surface area is 233 Å². The largest absolute Gasteiger partial charge is 0.443 e. The molecule has 0 spiro atoms. The number of hydrogen-bond acceptors (Lipinski definition) is 9. The van der Waals surface area contributed by atoms with E-state index in [9.17, 15) is 14.4 Å². The van der Waals surface area contributed by atoms with Gasteiger partial charge in [0.2, 0.25) is 5.91 Å². The van der Waals surface area contributed by atoms with Crippen molar-refractivity contribution < 1.29 is 23.9 Å². The van der Waals surface area contributed by atoms with Gasteiger partial charge >= 0.3 is 6.09 Å². The van der Waals surface area contributed by atoms with Gasteiger partial charge in [0.05, 0.1) is 28.5 Å². The number of thioether (sulfide) groups is 1. The SMILES string of the molecule is CC(C)(C)OC(=O)NNC(=O)c1csc(SCC(=O)NC[C@H]2CN(Cc3ccc(Cl)c(Cl)c3)CCO2)n1. The van der Waals surface area contributed by atoms with E-state index < -0.39 is 17.6 Å². The van der Waals surface area contributed by atoms with E-state index in [1.165, 1.54) is 23.1 Å². The molecule has 0 saturated carbocycles. The summed E-state index contributed by atoms with van der Waals surface area (Å²) >= 11 is 14.6. The van der Waals surface area contributed by atoms with Crippen LogP contribution in [0.4, 0.5) is 4.79 Å². The second-order valence-electron chi connectivity index (χ2n) is 9.15. The molecule has 14 heteroatoms. The Morgan fingerprint density at radius 1 is 1.24 bits per heavy atom. The first kappa shape index (κ1) is 29.5. The van der Waals surface area contributed by atoms with Crippen LogP contribution in [0.25, 0.3) is 0 Å². The third kappa shape index (κ3) is 10.3. The second-order valence-corrected chi connectivity index (χ2v) is 12.0. The highest BCUT2D eigenvalue weighted by atomic mass is 35.5. The number of rotatable bonds is 8. The topological polar surface area (TPSA) is 122 Å². The van der Waals surface area contributed by atoms with Gasteiger partial charge in [-0.05, 0) is 38.5 Å². The fourth-order valence-corrected chi connectivity index (χ4v) is 5.21. The lowest BCUT2D eigenvalue weighted by molar-refractivity contribution is -0.119. The quantitative estimate of drug-likeness (QED) is 0.314. The zero-order valence-electron chi connectivity index (χ0n) is 20.6. The molecule has 1 fully saturated rings. The molecule has 3 amide bonds. The lowest BCUT2D eigenvalue weighted by Gasteiger charge is -2.33. The maximum Gasteiger partial charge on any atom is 0.426 e.